The van der Waals surface area contributed by atoms with Crippen LogP contribution in [0.4, 0.5) is 13.2 Å². The van der Waals surface area contributed by atoms with Crippen molar-refractivity contribution in [1.29, 1.82) is 5.41 Å². The number of ether oxygens (including phenoxy) is 1. The molecule has 6 nitrogen and oxygen atoms in total. The van der Waals surface area contributed by atoms with E-state index in [0.29, 0.717) is 11.6 Å². The summed E-state index contributed by atoms with van der Waals surface area (Å²) in [5, 5.41) is 14.0. The van der Waals surface area contributed by atoms with Crippen LogP contribution in [0.3, 0.4) is 0 Å². The van der Waals surface area contributed by atoms with E-state index in [9.17, 15) is 18.0 Å². The molecule has 1 heterocycles. The molecular weight excluding hydrogens is 397 g/mol. The Hall–Kier alpha value is -3.10. The van der Waals surface area contributed by atoms with Gasteiger partial charge in [0.15, 0.2) is 0 Å². The molecule has 0 atom stereocenters. The Balaban J connectivity index is 1.78. The number of amides is 1. The summed E-state index contributed by atoms with van der Waals surface area (Å²) in [6, 6.07) is 3.47. The van der Waals surface area contributed by atoms with Crippen molar-refractivity contribution in [1.82, 2.24) is 15.6 Å². The highest BCUT2D eigenvalue weighted by molar-refractivity contribution is 6.10. The summed E-state index contributed by atoms with van der Waals surface area (Å²) in [5.41, 5.74) is -0.532. The lowest BCUT2D eigenvalue weighted by atomic mass is 9.95. The molecule has 3 rings (SSSR count). The molecule has 9 heteroatoms. The van der Waals surface area contributed by atoms with Crippen LogP contribution in [0.15, 0.2) is 53.6 Å². The summed E-state index contributed by atoms with van der Waals surface area (Å²) in [7, 11) is 1.39. The topological polar surface area (TPSA) is 87.1 Å². The van der Waals surface area contributed by atoms with Crippen molar-refractivity contribution in [3.05, 3.63) is 65.0 Å². The third kappa shape index (κ3) is 5.28. The fraction of sp³-hybridized carbons (Fsp3) is 0.381. The maximum Gasteiger partial charge on any atom is 0.433 e. The second-order valence-corrected chi connectivity index (χ2v) is 7.15. The fourth-order valence-electron chi connectivity index (χ4n) is 3.36. The lowest BCUT2D eigenvalue weighted by Crippen LogP contribution is -2.29. The van der Waals surface area contributed by atoms with Gasteiger partial charge < -0.3 is 20.8 Å². The second-order valence-electron chi connectivity index (χ2n) is 7.15. The van der Waals surface area contributed by atoms with Crippen LogP contribution in [0.2, 0.25) is 0 Å². The van der Waals surface area contributed by atoms with E-state index in [1.807, 2.05) is 0 Å². The Morgan fingerprint density at radius 2 is 1.97 bits per heavy atom. The SMILES string of the molecule is COC1=CC(=N)/C(=C\NC2CCCCC2)C=C1NC(=O)c1cccc(C(F)(F)F)n1. The molecule has 0 bridgehead atoms. The second kappa shape index (κ2) is 9.15. The molecule has 30 heavy (non-hydrogen) atoms. The minimum absolute atomic E-state index is 0.199. The normalized spacial score (nSPS) is 19.2. The van der Waals surface area contributed by atoms with Crippen molar-refractivity contribution in [2.75, 3.05) is 7.11 Å². The number of allylic oxidation sites excluding steroid dienone is 3. The van der Waals surface area contributed by atoms with Gasteiger partial charge in [-0.15, -0.1) is 0 Å². The van der Waals surface area contributed by atoms with Crippen LogP contribution in [-0.2, 0) is 10.9 Å². The molecule has 0 spiro atoms. The third-order valence-electron chi connectivity index (χ3n) is 4.97. The van der Waals surface area contributed by atoms with Crippen LogP contribution in [0.1, 0.15) is 48.3 Å². The van der Waals surface area contributed by atoms with Crippen LogP contribution < -0.4 is 10.6 Å². The van der Waals surface area contributed by atoms with Crippen LogP contribution in [0.5, 0.6) is 0 Å². The van der Waals surface area contributed by atoms with E-state index in [1.165, 1.54) is 25.7 Å². The molecule has 0 unspecified atom stereocenters. The summed E-state index contributed by atoms with van der Waals surface area (Å²) < 4.78 is 43.8. The van der Waals surface area contributed by atoms with Crippen molar-refractivity contribution in [2.24, 2.45) is 0 Å². The van der Waals surface area contributed by atoms with Crippen LogP contribution >= 0.6 is 0 Å². The van der Waals surface area contributed by atoms with E-state index in [2.05, 4.69) is 15.6 Å². The zero-order chi connectivity index (χ0) is 21.7. The van der Waals surface area contributed by atoms with Gasteiger partial charge in [-0.2, -0.15) is 13.2 Å². The summed E-state index contributed by atoms with van der Waals surface area (Å²) in [5.74, 6) is -0.571. The van der Waals surface area contributed by atoms with Gasteiger partial charge in [-0.3, -0.25) is 4.79 Å². The number of hydrogen-bond donors (Lipinski definition) is 3. The molecule has 160 valence electrons. The molecule has 1 aromatic rings. The standard InChI is InChI=1S/C21H23F3N4O2/c1-30-18-11-15(25)13(12-26-14-6-3-2-4-7-14)10-17(18)28-20(29)16-8-5-9-19(27-16)21(22,23)24/h5,8-12,14,25-26H,2-4,6-7H2,1H3,(H,28,29)/b13-12-,25-15?. The highest BCUT2D eigenvalue weighted by atomic mass is 19.4. The van der Waals surface area contributed by atoms with Gasteiger partial charge in [-0.05, 0) is 31.1 Å². The Morgan fingerprint density at radius 3 is 2.63 bits per heavy atom. The number of pyridine rings is 1. The molecule has 0 saturated heterocycles. The Bertz CT molecular complexity index is 913. The molecule has 2 aliphatic rings. The maximum atomic E-state index is 12.9. The van der Waals surface area contributed by atoms with E-state index in [4.69, 9.17) is 10.1 Å². The Morgan fingerprint density at radius 1 is 1.23 bits per heavy atom. The number of alkyl halides is 3. The number of halogens is 3. The number of nitrogens with zero attached hydrogens (tertiary/aromatic N) is 1. The molecule has 1 saturated carbocycles. The molecule has 1 fully saturated rings. The van der Waals surface area contributed by atoms with Gasteiger partial charge in [0.1, 0.15) is 17.1 Å². The molecule has 0 radical (unpaired) electrons. The van der Waals surface area contributed by atoms with Gasteiger partial charge in [0.25, 0.3) is 5.91 Å². The predicted octanol–water partition coefficient (Wildman–Crippen LogP) is 4.08. The van der Waals surface area contributed by atoms with Crippen molar-refractivity contribution < 1.29 is 22.7 Å². The monoisotopic (exact) mass is 420 g/mol. The van der Waals surface area contributed by atoms with Crippen molar-refractivity contribution >= 4 is 11.6 Å². The van der Waals surface area contributed by atoms with Crippen LogP contribution in [-0.4, -0.2) is 29.8 Å². The number of hydrogen-bond acceptors (Lipinski definition) is 5. The number of methoxy groups -OCH3 is 1. The first-order chi connectivity index (χ1) is 14.3. The quantitative estimate of drug-likeness (QED) is 0.670. The number of carbonyl (C=O) groups excluding carboxylic acids is 1. The van der Waals surface area contributed by atoms with Crippen molar-refractivity contribution in [2.45, 2.75) is 44.3 Å². The Kier molecular flexibility index (Phi) is 6.59. The molecule has 3 N–H and O–H groups in total. The summed E-state index contributed by atoms with van der Waals surface area (Å²) in [6.45, 7) is 0. The zero-order valence-electron chi connectivity index (χ0n) is 16.5. The minimum Gasteiger partial charge on any atom is -0.494 e. The van der Waals surface area contributed by atoms with Crippen LogP contribution in [0, 0.1) is 5.41 Å². The average Bonchev–Trinajstić information content (AvgIpc) is 2.74. The van der Waals surface area contributed by atoms with Gasteiger partial charge in [0.2, 0.25) is 0 Å². The smallest absolute Gasteiger partial charge is 0.433 e. The third-order valence-corrected chi connectivity index (χ3v) is 4.97. The Labute approximate surface area is 172 Å². The van der Waals surface area contributed by atoms with Crippen LogP contribution in [0.25, 0.3) is 0 Å². The van der Waals surface area contributed by atoms with Gasteiger partial charge >= 0.3 is 6.18 Å². The van der Waals surface area contributed by atoms with Crippen molar-refractivity contribution in [3.8, 4) is 0 Å². The first-order valence-corrected chi connectivity index (χ1v) is 9.66. The van der Waals surface area contributed by atoms with Gasteiger partial charge in [0.05, 0.1) is 18.5 Å². The lowest BCUT2D eigenvalue weighted by Gasteiger charge is -2.23. The molecule has 0 aromatic carbocycles. The van der Waals surface area contributed by atoms with E-state index in [1.54, 1.807) is 12.3 Å². The molecule has 0 aliphatic heterocycles. The number of rotatable bonds is 5. The molecule has 1 amide bonds. The highest BCUT2D eigenvalue weighted by Crippen LogP contribution is 2.27. The average molecular weight is 420 g/mol. The fourth-order valence-corrected chi connectivity index (χ4v) is 3.36. The maximum absolute atomic E-state index is 12.9. The van der Waals surface area contributed by atoms with Gasteiger partial charge in [0, 0.05) is 23.9 Å². The van der Waals surface area contributed by atoms with E-state index < -0.39 is 17.8 Å². The first-order valence-electron chi connectivity index (χ1n) is 9.66. The highest BCUT2D eigenvalue weighted by Gasteiger charge is 2.33. The van der Waals surface area contributed by atoms with E-state index >= 15 is 0 Å². The molecule has 2 aliphatic carbocycles. The number of nitrogens with one attached hydrogen (secondary N) is 3. The number of carbonyl (C=O) groups is 1. The van der Waals surface area contributed by atoms with Gasteiger partial charge in [-0.25, -0.2) is 4.98 Å². The summed E-state index contributed by atoms with van der Waals surface area (Å²) >= 11 is 0. The van der Waals surface area contributed by atoms with E-state index in [-0.39, 0.29) is 22.9 Å². The summed E-state index contributed by atoms with van der Waals surface area (Å²) in [6.07, 6.45) is 5.76. The largest absolute Gasteiger partial charge is 0.494 e. The molecule has 1 aromatic heterocycles. The number of aromatic nitrogens is 1. The van der Waals surface area contributed by atoms with Crippen molar-refractivity contribution in [3.63, 3.8) is 0 Å². The van der Waals surface area contributed by atoms with Gasteiger partial charge in [-0.1, -0.05) is 25.3 Å². The molecular formula is C21H23F3N4O2. The lowest BCUT2D eigenvalue weighted by molar-refractivity contribution is -0.141. The zero-order valence-corrected chi connectivity index (χ0v) is 16.5. The minimum atomic E-state index is -4.65. The van der Waals surface area contributed by atoms with E-state index in [0.717, 1.165) is 37.8 Å². The predicted molar refractivity (Wildman–Crippen MR) is 106 cm³/mol. The first kappa shape index (κ1) is 21.6. The summed E-state index contributed by atoms with van der Waals surface area (Å²) in [4.78, 5) is 15.9.